The Morgan fingerprint density at radius 1 is 0.754 bits per heavy atom. The van der Waals surface area contributed by atoms with Gasteiger partial charge in [0.1, 0.15) is 54.6 Å². The van der Waals surface area contributed by atoms with Crippen molar-refractivity contribution in [3.8, 4) is 18.1 Å². The number of nitrogens with zero attached hydrogens (tertiary/aromatic N) is 4. The number of terminal acetylenes is 1. The maximum absolute atomic E-state index is 15.6. The lowest BCUT2D eigenvalue weighted by Crippen LogP contribution is -2.82. The number of aromatic nitrogens is 3. The Labute approximate surface area is 808 Å². The number of fused-ring (bicyclic) bond motifs is 3. The zero-order valence-corrected chi connectivity index (χ0v) is 80.0. The van der Waals surface area contributed by atoms with Crippen LogP contribution in [0.3, 0.4) is 0 Å². The molecule has 2 aliphatic carbocycles. The first-order valence-corrected chi connectivity index (χ1v) is 49.8. The maximum Gasteiger partial charge on any atom is 0.426 e. The van der Waals surface area contributed by atoms with Gasteiger partial charge in [0.2, 0.25) is 35.5 Å². The number of aliphatic hydroxyl groups excluding tert-OH is 1. The number of esters is 2. The number of hydrogen-bond acceptors (Lipinski definition) is 32. The Morgan fingerprint density at radius 2 is 1.38 bits per heavy atom. The number of hydrogen-bond donors (Lipinski definition) is 19. The van der Waals surface area contributed by atoms with E-state index >= 15 is 9.59 Å². The Balaban J connectivity index is 0.607. The number of anilines is 3. The number of carboxylic acids is 4. The summed E-state index contributed by atoms with van der Waals surface area (Å²) in [5.74, 6) is -12.6. The van der Waals surface area contributed by atoms with E-state index in [4.69, 9.17) is 36.8 Å². The molecule has 1 spiro atoms. The minimum Gasteiger partial charge on any atom is -0.496 e. The first-order valence-electron chi connectivity index (χ1n) is 44.8. The van der Waals surface area contributed by atoms with Gasteiger partial charge in [-0.05, 0) is 142 Å². The van der Waals surface area contributed by atoms with Crippen LogP contribution >= 0.6 is 43.2 Å². The van der Waals surface area contributed by atoms with Crippen molar-refractivity contribution in [3.63, 3.8) is 0 Å². The molecule has 4 aromatic carbocycles. The van der Waals surface area contributed by atoms with Crippen LogP contribution in [0.2, 0.25) is 0 Å². The Hall–Kier alpha value is -12.4. The summed E-state index contributed by atoms with van der Waals surface area (Å²) in [4.78, 5) is 214. The van der Waals surface area contributed by atoms with Crippen LogP contribution in [0.25, 0.3) is 21.8 Å². The molecule has 5 aliphatic rings. The summed E-state index contributed by atoms with van der Waals surface area (Å²) in [7, 11) is 9.19. The lowest BCUT2D eigenvalue weighted by molar-refractivity contribution is -0.204. The lowest BCUT2D eigenvalue weighted by atomic mass is 9.47. The molecule has 5 heterocycles. The molecule has 0 radical (unpaired) electrons. The van der Waals surface area contributed by atoms with Gasteiger partial charge in [-0.3, -0.25) is 77.6 Å². The second-order valence-corrected chi connectivity index (χ2v) is 40.0. The third-order valence-corrected chi connectivity index (χ3v) is 30.6. The van der Waals surface area contributed by atoms with E-state index in [1.165, 1.54) is 25.0 Å². The monoisotopic (exact) mass is 1990 g/mol. The first-order chi connectivity index (χ1) is 65.8. The fourth-order valence-corrected chi connectivity index (χ4v) is 23.1. The molecule has 2 saturated carbocycles. The predicted octanol–water partition coefficient (Wildman–Crippen LogP) is 2.60. The summed E-state index contributed by atoms with van der Waals surface area (Å²) >= 11 is 0. The molecule has 1 saturated heterocycles. The van der Waals surface area contributed by atoms with E-state index in [1.54, 1.807) is 67.4 Å². The number of nitrogens with two attached hydrogens (primary N) is 2. The number of aromatic amines is 2. The van der Waals surface area contributed by atoms with E-state index in [1.807, 2.05) is 77.2 Å². The maximum atomic E-state index is 15.6. The van der Waals surface area contributed by atoms with Crippen molar-refractivity contribution < 1.29 is 122 Å². The van der Waals surface area contributed by atoms with Gasteiger partial charge < -0.3 is 113 Å². The topological polar surface area (TPSA) is 637 Å². The summed E-state index contributed by atoms with van der Waals surface area (Å²) in [5.41, 5.74) is 14.5. The molecule has 3 fully saturated rings. The quantitative estimate of drug-likeness (QED) is 0.00496. The van der Waals surface area contributed by atoms with Crippen molar-refractivity contribution in [2.24, 2.45) is 23.0 Å². The third-order valence-electron chi connectivity index (χ3n) is 25.9. The molecule has 14 atom stereocenters. The van der Waals surface area contributed by atoms with Gasteiger partial charge in [0.15, 0.2) is 5.60 Å². The van der Waals surface area contributed by atoms with Crippen LogP contribution in [0.1, 0.15) is 136 Å². The average molecular weight is 1990 g/mol. The van der Waals surface area contributed by atoms with E-state index in [0.29, 0.717) is 102 Å². The van der Waals surface area contributed by atoms with Gasteiger partial charge in [-0.2, -0.15) is 0 Å². The molecule has 2 unspecified atom stereocenters. The number of nitrogens with one attached hydrogen (secondary N) is 10. The number of methoxy groups -OCH3 is 2. The van der Waals surface area contributed by atoms with Crippen molar-refractivity contribution in [3.05, 3.63) is 135 Å². The number of carboxylic acid groups (broad SMARTS) is 4. The van der Waals surface area contributed by atoms with Gasteiger partial charge in [-0.15, -0.1) is 6.42 Å². The number of likely N-dealkylation sites (N-methyl/N-ethyl adjacent to an activating group) is 1. The molecule has 46 heteroatoms. The number of ether oxygens (including phenoxy) is 4. The van der Waals surface area contributed by atoms with E-state index in [0.717, 1.165) is 54.4 Å². The number of amides is 8. The fourth-order valence-electron chi connectivity index (χ4n) is 19.4. The third kappa shape index (κ3) is 24.0. The lowest BCUT2D eigenvalue weighted by Gasteiger charge is -2.63. The van der Waals surface area contributed by atoms with Crippen LogP contribution in [0.4, 0.5) is 22.1 Å². The van der Waals surface area contributed by atoms with E-state index in [-0.39, 0.29) is 111 Å². The Kier molecular flexibility index (Phi) is 36.0. The number of rotatable bonds is 51. The SMILES string of the molecule is C#CCN(Cc1ccc2nc(N)[nH]c(=O)c2c1)c1ccc(C(=O)NCCCC(=O)OCCSSCCC(=O)N[C@@H](CC(=O)O)C(=O)N[C@@H](CC(=O)O)C(=O)N[C@@H](CC(=O)O)C(=O)N[C@@H](CNC(=O)CCSSCCOC(=O)NNC(=O)[C@@]2(O)[C@H](O)[C@]3(CC)C=CCN4CC[C@@]5(c6cc([C@](C(=O)OC)(c7[nH]c8ccccc8c7CCN)[C@H]7CC7C[C@@](C)(O)CC)c(OC)cc6N(C)[C@@H]25)C43)C(=O)O)cc1. The summed E-state index contributed by atoms with van der Waals surface area (Å²) in [6, 6.07) is 13.4. The van der Waals surface area contributed by atoms with Crippen molar-refractivity contribution in [1.29, 1.82) is 0 Å². The van der Waals surface area contributed by atoms with E-state index < -0.39 is 179 Å². The normalized spacial score (nSPS) is 21.0. The van der Waals surface area contributed by atoms with Gasteiger partial charge in [-0.1, -0.05) is 99.4 Å². The van der Waals surface area contributed by atoms with Gasteiger partial charge >= 0.3 is 41.9 Å². The number of benzene rings is 4. The molecule has 138 heavy (non-hydrogen) atoms. The highest BCUT2D eigenvalue weighted by Gasteiger charge is 2.79. The minimum atomic E-state index is -2.71. The van der Waals surface area contributed by atoms with Crippen LogP contribution < -0.4 is 74.3 Å². The van der Waals surface area contributed by atoms with Crippen molar-refractivity contribution in [2.45, 2.75) is 175 Å². The highest BCUT2D eigenvalue weighted by molar-refractivity contribution is 8.77. The number of para-hydroxylation sites is 1. The molecule has 744 valence electrons. The predicted molar refractivity (Wildman–Crippen MR) is 513 cm³/mol. The standard InChI is InChI=1S/C92H116N16O26S4/c1-8-31-108(49-50-18-23-61-56(40-50)76(119)103-86(94)102-61)53-21-19-51(20-22-53)75(118)95-30-13-17-73(117)133-34-38-137-136-37-26-69(110)97-62(43-70(111)112)77(120)99-63(44-71(113)114)78(121)100-64(45-72(115)116)79(122)101-65(80(123)124)48-96-68(109)25-36-135-138-39-35-134-87(128)105-104-84(126)92(130)82-90(28-33-107-32-14-27-89(10-3,81(90)107)83(92)125)58-42-59(67(131-6)46-66(58)106(82)5)91(85(127)132-7,57-41-52(57)47-88(4,129)9-2)74-55(24-29-93)54-15-11-12-16-60(54)98-74/h1,11-12,14-16,18-23,27,40,42,46,52,57,62-65,81-83,98,125,129-130H,9-10,13,17,24-26,28-39,41,43-45,47-49,93H2,2-7H3,(H,95,118)(H,96,109)(H,97,110)(H,99,120)(H,100,121)(H,101,122)(H,104,126)(H,105,128)(H,111,112)(H,113,114)(H,115,116)(H,123,124)(H3,94,102,103,119)/t52?,57-,62-,63-,64-,65-,81?,82+,83+,88-,89+,90+,91-,92-/m0/s1. The van der Waals surface area contributed by atoms with Crippen LogP contribution in [-0.2, 0) is 95.5 Å². The first kappa shape index (κ1) is 106. The number of hydrazine groups is 1. The van der Waals surface area contributed by atoms with Gasteiger partial charge in [-0.25, -0.2) is 20.0 Å². The van der Waals surface area contributed by atoms with Gasteiger partial charge in [0.05, 0.1) is 62.6 Å². The fraction of sp³-hybridized carbons (Fsp3) is 0.500. The molecule has 2 aromatic heterocycles. The highest BCUT2D eigenvalue weighted by atomic mass is 33.1. The largest absolute Gasteiger partial charge is 0.496 e. The van der Waals surface area contributed by atoms with Gasteiger partial charge in [0.25, 0.3) is 17.4 Å². The minimum absolute atomic E-state index is 0.000346. The van der Waals surface area contributed by atoms with Crippen LogP contribution in [0.5, 0.6) is 5.75 Å². The number of aliphatic carboxylic acids is 4. The summed E-state index contributed by atoms with van der Waals surface area (Å²) in [5, 5.41) is 92.0. The number of carbonyl (C=O) groups excluding carboxylic acids is 10. The number of H-pyrrole nitrogens is 2. The van der Waals surface area contributed by atoms with Crippen LogP contribution in [0.15, 0.2) is 95.8 Å². The van der Waals surface area contributed by atoms with Crippen LogP contribution in [0, 0.1) is 29.6 Å². The van der Waals surface area contributed by atoms with E-state index in [2.05, 4.69) is 52.6 Å². The summed E-state index contributed by atoms with van der Waals surface area (Å²) in [6.45, 7) is 6.38. The number of nitrogen functional groups attached to an aromatic ring is 1. The summed E-state index contributed by atoms with van der Waals surface area (Å²) in [6.07, 6.45) is 4.92. The molecular formula is C92H116N16O26S4. The molecule has 21 N–H and O–H groups in total. The van der Waals surface area contributed by atoms with E-state index in [9.17, 15) is 98.1 Å². The zero-order chi connectivity index (χ0) is 100. The average Bonchev–Trinajstić information content (AvgIpc) is 1.47. The highest BCUT2D eigenvalue weighted by Crippen LogP contribution is 2.69. The van der Waals surface area contributed by atoms with Crippen molar-refractivity contribution in [2.75, 3.05) is 112 Å². The van der Waals surface area contributed by atoms with Crippen molar-refractivity contribution >= 4 is 166 Å². The molecule has 11 rings (SSSR count). The zero-order valence-electron chi connectivity index (χ0n) is 76.8. The molecule has 0 bridgehead atoms. The molecule has 6 aromatic rings. The number of aliphatic hydroxyl groups is 3. The Morgan fingerprint density at radius 3 is 2.00 bits per heavy atom. The van der Waals surface area contributed by atoms with Crippen LogP contribution in [-0.4, -0.2) is 289 Å². The molecular weight excluding hydrogens is 1870 g/mol. The van der Waals surface area contributed by atoms with Gasteiger partial charge in [0, 0.05) is 138 Å². The van der Waals surface area contributed by atoms with Crippen molar-refractivity contribution in [1.82, 2.24) is 62.6 Å². The smallest absolute Gasteiger partial charge is 0.426 e. The molecule has 3 aliphatic heterocycles. The molecule has 8 amide bonds. The summed E-state index contributed by atoms with van der Waals surface area (Å²) < 4.78 is 23.0. The number of carbonyl (C=O) groups is 14. The second-order valence-electron chi connectivity index (χ2n) is 34.6. The second kappa shape index (κ2) is 46.9. The Bertz CT molecular complexity index is 5700. The molecule has 42 nitrogen and oxygen atoms in total.